The average Bonchev–Trinajstić information content (AvgIpc) is 2.60. The van der Waals surface area contributed by atoms with E-state index in [0.29, 0.717) is 24.3 Å². The van der Waals surface area contributed by atoms with Crippen LogP contribution in [0.5, 0.6) is 11.5 Å². The van der Waals surface area contributed by atoms with Gasteiger partial charge in [-0.15, -0.1) is 0 Å². The van der Waals surface area contributed by atoms with E-state index in [1.807, 2.05) is 19.1 Å². The number of nitrogens with one attached hydrogen (secondary N) is 1. The third kappa shape index (κ3) is 2.52. The fourth-order valence-corrected chi connectivity index (χ4v) is 2.55. The van der Waals surface area contributed by atoms with E-state index in [2.05, 4.69) is 4.98 Å². The van der Waals surface area contributed by atoms with Crippen LogP contribution in [0.1, 0.15) is 12.5 Å². The van der Waals surface area contributed by atoms with Gasteiger partial charge < -0.3 is 23.6 Å². The highest BCUT2D eigenvalue weighted by Gasteiger charge is 2.26. The topological polar surface area (TPSA) is 90.8 Å². The van der Waals surface area contributed by atoms with Crippen molar-refractivity contribution in [3.05, 3.63) is 44.2 Å². The Kier molecular flexibility index (Phi) is 4.26. The van der Waals surface area contributed by atoms with Crippen molar-refractivity contribution in [2.45, 2.75) is 13.5 Å². The molecule has 3 rings (SSSR count). The highest BCUT2D eigenvalue weighted by molar-refractivity contribution is 5.80. The molecule has 2 aliphatic rings. The van der Waals surface area contributed by atoms with E-state index in [9.17, 15) is 9.59 Å². The van der Waals surface area contributed by atoms with Gasteiger partial charge in [-0.1, -0.05) is 6.07 Å². The summed E-state index contributed by atoms with van der Waals surface area (Å²) in [6.07, 6.45) is 0. The lowest BCUT2D eigenvalue weighted by Gasteiger charge is -2.14. The van der Waals surface area contributed by atoms with Crippen molar-refractivity contribution >= 4 is 11.1 Å². The molecule has 0 unspecified atom stereocenters. The molecule has 1 aliphatic heterocycles. The van der Waals surface area contributed by atoms with Gasteiger partial charge in [0, 0.05) is 6.61 Å². The Labute approximate surface area is 137 Å². The largest absolute Gasteiger partial charge is 0.491 e. The van der Waals surface area contributed by atoms with Crippen LogP contribution in [0, 0.1) is 0 Å². The maximum Gasteiger partial charge on any atom is 0.275 e. The minimum atomic E-state index is -0.800. The van der Waals surface area contributed by atoms with Crippen LogP contribution in [-0.4, -0.2) is 25.8 Å². The van der Waals surface area contributed by atoms with Crippen molar-refractivity contribution in [2.24, 2.45) is 0 Å². The van der Waals surface area contributed by atoms with Crippen molar-refractivity contribution in [1.29, 1.82) is 0 Å². The number of fused-ring (bicyclic) bond motifs is 2. The number of ether oxygens (including phenoxy) is 3. The Balaban J connectivity index is 2.33. The molecule has 0 saturated carbocycles. The Morgan fingerprint density at radius 3 is 2.46 bits per heavy atom. The van der Waals surface area contributed by atoms with Crippen molar-refractivity contribution in [3.8, 4) is 23.0 Å². The molecule has 1 heterocycles. The SMILES string of the molecule is CCOCc1ccc2oc3c(OC)c(=O)c(=O)c(OC)c-3[nH]c2c1. The molecule has 126 valence electrons. The van der Waals surface area contributed by atoms with Gasteiger partial charge in [0.05, 0.1) is 26.3 Å². The summed E-state index contributed by atoms with van der Waals surface area (Å²) in [6, 6.07) is 5.49. The van der Waals surface area contributed by atoms with E-state index in [-0.39, 0.29) is 23.0 Å². The number of rotatable bonds is 5. The highest BCUT2D eigenvalue weighted by Crippen LogP contribution is 2.35. The molecule has 24 heavy (non-hydrogen) atoms. The molecule has 7 nitrogen and oxygen atoms in total. The standard InChI is InChI=1S/C17H17NO6/c1-4-23-8-9-5-6-11-10(7-9)18-12-15(21-2)13(19)14(20)17(22-3)16(12)24-11/h5-7,18H,4,8H2,1-3H3. The van der Waals surface area contributed by atoms with Gasteiger partial charge in [-0.2, -0.15) is 0 Å². The van der Waals surface area contributed by atoms with E-state index in [4.69, 9.17) is 18.6 Å². The molecule has 0 fully saturated rings. The van der Waals surface area contributed by atoms with Crippen molar-refractivity contribution in [1.82, 2.24) is 4.98 Å². The number of H-pyrrole nitrogens is 1. The first-order chi connectivity index (χ1) is 11.6. The minimum absolute atomic E-state index is 0.100. The van der Waals surface area contributed by atoms with Crippen molar-refractivity contribution in [3.63, 3.8) is 0 Å². The van der Waals surface area contributed by atoms with Gasteiger partial charge in [-0.25, -0.2) is 0 Å². The van der Waals surface area contributed by atoms with Crippen LogP contribution in [0.25, 0.3) is 22.6 Å². The fraction of sp³-hybridized carbons (Fsp3) is 0.294. The molecule has 0 bridgehead atoms. The average molecular weight is 331 g/mol. The van der Waals surface area contributed by atoms with Crippen molar-refractivity contribution in [2.75, 3.05) is 20.8 Å². The molecule has 1 aromatic rings. The minimum Gasteiger partial charge on any atom is -0.491 e. The summed E-state index contributed by atoms with van der Waals surface area (Å²) < 4.78 is 21.3. The lowest BCUT2D eigenvalue weighted by molar-refractivity contribution is 0.134. The quantitative estimate of drug-likeness (QED) is 0.569. The molecule has 1 N–H and O–H groups in total. The zero-order valence-electron chi connectivity index (χ0n) is 13.6. The number of methoxy groups -OCH3 is 2. The van der Waals surface area contributed by atoms with Crippen LogP contribution >= 0.6 is 0 Å². The normalized spacial score (nSPS) is 11.1. The molecule has 1 aromatic carbocycles. The molecule has 0 aromatic heterocycles. The second kappa shape index (κ2) is 6.37. The Morgan fingerprint density at radius 1 is 1.08 bits per heavy atom. The monoisotopic (exact) mass is 331 g/mol. The van der Waals surface area contributed by atoms with E-state index in [1.165, 1.54) is 14.2 Å². The first-order valence-corrected chi connectivity index (χ1v) is 7.42. The molecular formula is C17H17NO6. The fourth-order valence-electron chi connectivity index (χ4n) is 2.55. The summed E-state index contributed by atoms with van der Waals surface area (Å²) in [7, 11) is 2.64. The van der Waals surface area contributed by atoms with Gasteiger partial charge in [0.2, 0.25) is 11.5 Å². The Bertz CT molecular complexity index is 971. The number of aromatic nitrogens is 1. The first kappa shape index (κ1) is 16.1. The van der Waals surface area contributed by atoms with Gasteiger partial charge in [-0.05, 0) is 24.6 Å². The van der Waals surface area contributed by atoms with Crippen LogP contribution in [0.4, 0.5) is 0 Å². The summed E-state index contributed by atoms with van der Waals surface area (Å²) in [5, 5.41) is 0. The predicted octanol–water partition coefficient (Wildman–Crippen LogP) is 2.14. The van der Waals surface area contributed by atoms with Crippen molar-refractivity contribution < 1.29 is 18.6 Å². The third-order valence-corrected chi connectivity index (χ3v) is 3.68. The van der Waals surface area contributed by atoms with E-state index in [0.717, 1.165) is 5.56 Å². The number of hydrogen-bond acceptors (Lipinski definition) is 6. The van der Waals surface area contributed by atoms with E-state index < -0.39 is 10.9 Å². The second-order valence-corrected chi connectivity index (χ2v) is 5.12. The number of benzene rings is 2. The maximum absolute atomic E-state index is 12.1. The van der Waals surface area contributed by atoms with E-state index >= 15 is 0 Å². The van der Waals surface area contributed by atoms with Crippen LogP contribution in [0.15, 0.2) is 32.2 Å². The number of aromatic amines is 1. The van der Waals surface area contributed by atoms with Crippen LogP contribution in [0.3, 0.4) is 0 Å². The summed E-state index contributed by atoms with van der Waals surface area (Å²) in [5.41, 5.74) is 0.813. The van der Waals surface area contributed by atoms with Gasteiger partial charge >= 0.3 is 0 Å². The smallest absolute Gasteiger partial charge is 0.275 e. The summed E-state index contributed by atoms with van der Waals surface area (Å²) in [4.78, 5) is 27.3. The highest BCUT2D eigenvalue weighted by atomic mass is 16.5. The van der Waals surface area contributed by atoms with Crippen LogP contribution < -0.4 is 20.3 Å². The summed E-state index contributed by atoms with van der Waals surface area (Å²) in [6.45, 7) is 3.00. The molecule has 0 amide bonds. The third-order valence-electron chi connectivity index (χ3n) is 3.68. The maximum atomic E-state index is 12.1. The van der Waals surface area contributed by atoms with Gasteiger partial charge in [0.1, 0.15) is 5.69 Å². The molecule has 0 saturated heterocycles. The lowest BCUT2D eigenvalue weighted by atomic mass is 10.1. The molecule has 7 heteroatoms. The summed E-state index contributed by atoms with van der Waals surface area (Å²) >= 11 is 0. The van der Waals surface area contributed by atoms with Crippen LogP contribution in [0.2, 0.25) is 0 Å². The molecular weight excluding hydrogens is 314 g/mol. The molecule has 0 spiro atoms. The van der Waals surface area contributed by atoms with Gasteiger partial charge in [-0.3, -0.25) is 9.59 Å². The second-order valence-electron chi connectivity index (χ2n) is 5.12. The zero-order chi connectivity index (χ0) is 17.3. The van der Waals surface area contributed by atoms with Gasteiger partial charge in [0.15, 0.2) is 11.3 Å². The van der Waals surface area contributed by atoms with Crippen LogP contribution in [-0.2, 0) is 11.3 Å². The predicted molar refractivity (Wildman–Crippen MR) is 88.2 cm³/mol. The molecule has 0 atom stereocenters. The van der Waals surface area contributed by atoms with E-state index in [1.54, 1.807) is 6.07 Å². The summed E-state index contributed by atoms with van der Waals surface area (Å²) in [5.74, 6) is -0.104. The molecule has 1 aliphatic carbocycles. The molecule has 0 radical (unpaired) electrons. The Morgan fingerprint density at radius 2 is 1.79 bits per heavy atom. The van der Waals surface area contributed by atoms with Gasteiger partial charge in [0.25, 0.3) is 10.9 Å². The zero-order valence-corrected chi connectivity index (χ0v) is 13.6. The lowest BCUT2D eigenvalue weighted by Crippen LogP contribution is -2.28. The first-order valence-electron chi connectivity index (χ1n) is 7.42. The Hall–Kier alpha value is -2.80. The number of hydrogen-bond donors (Lipinski definition) is 1.